The molecule has 6 nitrogen and oxygen atoms in total. The van der Waals surface area contributed by atoms with Crippen molar-refractivity contribution in [3.63, 3.8) is 0 Å². The Bertz CT molecular complexity index is 705. The second-order valence-corrected chi connectivity index (χ2v) is 4.38. The summed E-state index contributed by atoms with van der Waals surface area (Å²) in [6.07, 6.45) is 0. The molecule has 0 aliphatic carbocycles. The van der Waals surface area contributed by atoms with Gasteiger partial charge in [0.15, 0.2) is 5.75 Å². The summed E-state index contributed by atoms with van der Waals surface area (Å²) >= 11 is 11.8. The van der Waals surface area contributed by atoms with Crippen molar-refractivity contribution in [2.45, 2.75) is 0 Å². The number of nitrogens with zero attached hydrogens (tertiary/aromatic N) is 3. The average molecular weight is 310 g/mol. The summed E-state index contributed by atoms with van der Waals surface area (Å²) in [6, 6.07) is 8.70. The fourth-order valence-corrected chi connectivity index (χ4v) is 1.94. The Labute approximate surface area is 123 Å². The van der Waals surface area contributed by atoms with E-state index in [0.717, 1.165) is 12.1 Å². The first-order valence-electron chi connectivity index (χ1n) is 5.19. The largest absolute Gasteiger partial charge is 0.436 e. The zero-order chi connectivity index (χ0) is 14.7. The summed E-state index contributed by atoms with van der Waals surface area (Å²) in [7, 11) is 0. The number of aromatic nitrogens is 1. The van der Waals surface area contributed by atoms with Gasteiger partial charge in [-0.25, -0.2) is 4.98 Å². The van der Waals surface area contributed by atoms with Crippen molar-refractivity contribution >= 4 is 28.9 Å². The topological polar surface area (TPSA) is 89.0 Å². The van der Waals surface area contributed by atoms with E-state index in [-0.39, 0.29) is 33.1 Å². The Morgan fingerprint density at radius 3 is 2.50 bits per heavy atom. The van der Waals surface area contributed by atoms with E-state index in [2.05, 4.69) is 4.98 Å². The minimum Gasteiger partial charge on any atom is -0.436 e. The van der Waals surface area contributed by atoms with Crippen LogP contribution < -0.4 is 4.74 Å². The Morgan fingerprint density at radius 1 is 1.30 bits per heavy atom. The van der Waals surface area contributed by atoms with E-state index in [1.807, 2.05) is 6.07 Å². The molecule has 1 aromatic heterocycles. The highest BCUT2D eigenvalue weighted by Gasteiger charge is 2.16. The van der Waals surface area contributed by atoms with Crippen molar-refractivity contribution in [1.29, 1.82) is 5.26 Å². The molecule has 2 aromatic rings. The van der Waals surface area contributed by atoms with Gasteiger partial charge in [0.2, 0.25) is 5.88 Å². The van der Waals surface area contributed by atoms with Crippen molar-refractivity contribution < 1.29 is 9.66 Å². The predicted octanol–water partition coefficient (Wildman–Crippen LogP) is 3.96. The number of non-ortho nitro benzene ring substituents is 1. The van der Waals surface area contributed by atoms with Gasteiger partial charge in [0, 0.05) is 18.2 Å². The zero-order valence-corrected chi connectivity index (χ0v) is 11.2. The summed E-state index contributed by atoms with van der Waals surface area (Å²) in [5, 5.41) is 19.4. The molecule has 0 bridgehead atoms. The number of nitriles is 1. The van der Waals surface area contributed by atoms with Crippen LogP contribution in [0.5, 0.6) is 11.6 Å². The molecular weight excluding hydrogens is 305 g/mol. The molecule has 1 heterocycles. The second-order valence-electron chi connectivity index (χ2n) is 3.57. The zero-order valence-electron chi connectivity index (χ0n) is 9.71. The highest BCUT2D eigenvalue weighted by atomic mass is 35.5. The molecule has 0 unspecified atom stereocenters. The Hall–Kier alpha value is -2.36. The van der Waals surface area contributed by atoms with Crippen LogP contribution in [0.3, 0.4) is 0 Å². The van der Waals surface area contributed by atoms with Crippen LogP contribution in [0.1, 0.15) is 5.69 Å². The third-order valence-corrected chi connectivity index (χ3v) is 2.80. The summed E-state index contributed by atoms with van der Waals surface area (Å²) in [5.41, 5.74) is -0.0808. The number of pyridine rings is 1. The van der Waals surface area contributed by atoms with Crippen molar-refractivity contribution in [3.8, 4) is 17.7 Å². The molecule has 0 N–H and O–H groups in total. The van der Waals surface area contributed by atoms with Gasteiger partial charge in [-0.15, -0.1) is 0 Å². The number of rotatable bonds is 3. The third kappa shape index (κ3) is 2.96. The van der Waals surface area contributed by atoms with Gasteiger partial charge in [0.25, 0.3) is 5.69 Å². The first-order chi connectivity index (χ1) is 9.51. The lowest BCUT2D eigenvalue weighted by Crippen LogP contribution is -1.93. The summed E-state index contributed by atoms with van der Waals surface area (Å²) in [4.78, 5) is 13.9. The quantitative estimate of drug-likeness (QED) is 0.632. The smallest absolute Gasteiger partial charge is 0.272 e. The Balaban J connectivity index is 2.39. The first kappa shape index (κ1) is 14.1. The van der Waals surface area contributed by atoms with E-state index in [1.165, 1.54) is 12.1 Å². The highest BCUT2D eigenvalue weighted by Crippen LogP contribution is 2.38. The Kier molecular flexibility index (Phi) is 4.03. The summed E-state index contributed by atoms with van der Waals surface area (Å²) in [6.45, 7) is 0. The van der Waals surface area contributed by atoms with Gasteiger partial charge in [0.1, 0.15) is 11.8 Å². The number of ether oxygens (including phenoxy) is 1. The minimum atomic E-state index is -0.615. The van der Waals surface area contributed by atoms with E-state index < -0.39 is 4.92 Å². The van der Waals surface area contributed by atoms with E-state index in [4.69, 9.17) is 33.2 Å². The minimum absolute atomic E-state index is 0.0200. The lowest BCUT2D eigenvalue weighted by atomic mass is 10.3. The molecule has 0 saturated carbocycles. The van der Waals surface area contributed by atoms with Crippen LogP contribution in [0.25, 0.3) is 0 Å². The second kappa shape index (κ2) is 5.74. The summed E-state index contributed by atoms with van der Waals surface area (Å²) in [5.74, 6) is 0.156. The van der Waals surface area contributed by atoms with Gasteiger partial charge in [-0.1, -0.05) is 29.3 Å². The maximum absolute atomic E-state index is 10.7. The fourth-order valence-electron chi connectivity index (χ4n) is 1.39. The van der Waals surface area contributed by atoms with Crippen LogP contribution in [-0.4, -0.2) is 9.91 Å². The number of halogens is 2. The molecule has 100 valence electrons. The normalized spacial score (nSPS) is 9.85. The third-order valence-electron chi connectivity index (χ3n) is 2.24. The molecule has 0 aliphatic rings. The molecule has 0 radical (unpaired) electrons. The van der Waals surface area contributed by atoms with Crippen molar-refractivity contribution in [2.75, 3.05) is 0 Å². The molecule has 0 fully saturated rings. The van der Waals surface area contributed by atoms with Crippen molar-refractivity contribution in [1.82, 2.24) is 4.98 Å². The van der Waals surface area contributed by atoms with E-state index in [9.17, 15) is 10.1 Å². The predicted molar refractivity (Wildman–Crippen MR) is 72.1 cm³/mol. The van der Waals surface area contributed by atoms with Gasteiger partial charge in [-0.05, 0) is 6.07 Å². The number of hydrogen-bond donors (Lipinski definition) is 0. The summed E-state index contributed by atoms with van der Waals surface area (Å²) < 4.78 is 5.37. The molecular formula is C12H5Cl2N3O3. The van der Waals surface area contributed by atoms with Crippen LogP contribution in [0, 0.1) is 21.4 Å². The van der Waals surface area contributed by atoms with Gasteiger partial charge in [-0.3, -0.25) is 10.1 Å². The van der Waals surface area contributed by atoms with Gasteiger partial charge < -0.3 is 4.74 Å². The molecule has 0 atom stereocenters. The SMILES string of the molecule is N#Cc1cccc(Oc2c(Cl)cc([N+](=O)[O-])cc2Cl)n1. The van der Waals surface area contributed by atoms with Gasteiger partial charge in [-0.2, -0.15) is 5.26 Å². The molecule has 0 amide bonds. The number of benzene rings is 1. The van der Waals surface area contributed by atoms with E-state index >= 15 is 0 Å². The molecule has 8 heteroatoms. The lowest BCUT2D eigenvalue weighted by molar-refractivity contribution is -0.384. The fraction of sp³-hybridized carbons (Fsp3) is 0. The monoisotopic (exact) mass is 309 g/mol. The molecule has 1 aromatic carbocycles. The lowest BCUT2D eigenvalue weighted by Gasteiger charge is -2.08. The highest BCUT2D eigenvalue weighted by molar-refractivity contribution is 6.37. The van der Waals surface area contributed by atoms with Crippen LogP contribution in [-0.2, 0) is 0 Å². The van der Waals surface area contributed by atoms with Gasteiger partial charge in [0.05, 0.1) is 15.0 Å². The standard InChI is InChI=1S/C12H5Cl2N3O3/c13-9-4-8(17(18)19)5-10(14)12(9)20-11-3-1-2-7(6-15)16-11/h1-5H. The maximum atomic E-state index is 10.7. The van der Waals surface area contributed by atoms with Crippen molar-refractivity contribution in [3.05, 3.63) is 56.2 Å². The molecule has 20 heavy (non-hydrogen) atoms. The Morgan fingerprint density at radius 2 is 1.95 bits per heavy atom. The number of hydrogen-bond acceptors (Lipinski definition) is 5. The first-order valence-corrected chi connectivity index (χ1v) is 5.95. The van der Waals surface area contributed by atoms with Crippen LogP contribution in [0.15, 0.2) is 30.3 Å². The van der Waals surface area contributed by atoms with Crippen LogP contribution in [0.2, 0.25) is 10.0 Å². The molecule has 2 rings (SSSR count). The molecule has 0 saturated heterocycles. The maximum Gasteiger partial charge on any atom is 0.272 e. The van der Waals surface area contributed by atoms with Crippen LogP contribution >= 0.6 is 23.2 Å². The average Bonchev–Trinajstić information content (AvgIpc) is 2.42. The van der Waals surface area contributed by atoms with Gasteiger partial charge >= 0.3 is 0 Å². The van der Waals surface area contributed by atoms with Crippen molar-refractivity contribution in [2.24, 2.45) is 0 Å². The number of nitro benzene ring substituents is 1. The van der Waals surface area contributed by atoms with E-state index in [1.54, 1.807) is 6.07 Å². The van der Waals surface area contributed by atoms with Crippen LogP contribution in [0.4, 0.5) is 5.69 Å². The molecule has 0 aliphatic heterocycles. The number of nitro groups is 1. The molecule has 0 spiro atoms. The van der Waals surface area contributed by atoms with E-state index in [0.29, 0.717) is 0 Å².